The van der Waals surface area contributed by atoms with E-state index in [1.807, 2.05) is 26.8 Å². The summed E-state index contributed by atoms with van der Waals surface area (Å²) >= 11 is 13.8. The molecule has 0 atom stereocenters. The molecule has 0 fully saturated rings. The number of ether oxygens (including phenoxy) is 2. The van der Waals surface area contributed by atoms with Gasteiger partial charge in [-0.3, -0.25) is 9.59 Å². The molecule has 0 N–H and O–H groups in total. The van der Waals surface area contributed by atoms with Crippen molar-refractivity contribution < 1.29 is 19.1 Å². The Bertz CT molecular complexity index is 1180. The van der Waals surface area contributed by atoms with E-state index in [9.17, 15) is 9.59 Å². The van der Waals surface area contributed by atoms with Gasteiger partial charge in [-0.2, -0.15) is 0 Å². The number of aromatic nitrogens is 2. The molecule has 0 aliphatic rings. The number of carbonyl (C=O) groups excluding carboxylic acids is 2. The number of thioether (sulfide) groups is 1. The van der Waals surface area contributed by atoms with Crippen LogP contribution in [0.25, 0.3) is 11.0 Å². The number of benzene rings is 2. The number of carbonyl (C=O) groups is 2. The SMILES string of the molecule is COc1ccc(C(C)=O)cc1CSc1nc2cc(Cl)c(Cl)cc2n1CC(=O)OC(C)(C)C. The van der Waals surface area contributed by atoms with E-state index < -0.39 is 5.60 Å². The average molecular weight is 495 g/mol. The molecule has 0 saturated heterocycles. The van der Waals surface area contributed by atoms with E-state index in [2.05, 4.69) is 4.98 Å². The summed E-state index contributed by atoms with van der Waals surface area (Å²) in [4.78, 5) is 29.0. The highest BCUT2D eigenvalue weighted by molar-refractivity contribution is 7.98. The zero-order valence-corrected chi connectivity index (χ0v) is 20.8. The number of Topliss-reactive ketones (excluding diaryl/α,β-unsaturated/α-hetero) is 1. The third-order valence-electron chi connectivity index (χ3n) is 4.51. The lowest BCUT2D eigenvalue weighted by molar-refractivity contribution is -0.155. The molecule has 0 radical (unpaired) electrons. The van der Waals surface area contributed by atoms with Crippen molar-refractivity contribution in [3.8, 4) is 5.75 Å². The van der Waals surface area contributed by atoms with Crippen LogP contribution in [0.4, 0.5) is 0 Å². The molecule has 6 nitrogen and oxygen atoms in total. The molecule has 1 heterocycles. The number of esters is 1. The van der Waals surface area contributed by atoms with Crippen molar-refractivity contribution in [3.63, 3.8) is 0 Å². The Morgan fingerprint density at radius 2 is 1.81 bits per heavy atom. The fourth-order valence-corrected chi connectivity index (χ4v) is 4.42. The number of fused-ring (bicyclic) bond motifs is 1. The maximum Gasteiger partial charge on any atom is 0.326 e. The number of ketones is 1. The van der Waals surface area contributed by atoms with E-state index in [0.717, 1.165) is 5.56 Å². The highest BCUT2D eigenvalue weighted by atomic mass is 35.5. The van der Waals surface area contributed by atoms with Gasteiger partial charge >= 0.3 is 5.97 Å². The van der Waals surface area contributed by atoms with Gasteiger partial charge < -0.3 is 14.0 Å². The highest BCUT2D eigenvalue weighted by Gasteiger charge is 2.21. The molecular weight excluding hydrogens is 471 g/mol. The molecule has 3 aromatic rings. The molecule has 0 saturated carbocycles. The highest BCUT2D eigenvalue weighted by Crippen LogP contribution is 2.34. The van der Waals surface area contributed by atoms with Gasteiger partial charge in [-0.05, 0) is 58.0 Å². The van der Waals surface area contributed by atoms with Gasteiger partial charge in [-0.1, -0.05) is 35.0 Å². The lowest BCUT2D eigenvalue weighted by Crippen LogP contribution is -2.26. The number of imidazole rings is 1. The summed E-state index contributed by atoms with van der Waals surface area (Å²) in [5, 5.41) is 1.35. The molecule has 1 aromatic heterocycles. The summed E-state index contributed by atoms with van der Waals surface area (Å²) in [5.74, 6) is 0.730. The Morgan fingerprint density at radius 1 is 1.12 bits per heavy atom. The van der Waals surface area contributed by atoms with Crippen LogP contribution in [0.2, 0.25) is 10.0 Å². The van der Waals surface area contributed by atoms with E-state index in [1.54, 1.807) is 35.9 Å². The first kappa shape index (κ1) is 24.4. The molecule has 170 valence electrons. The quantitative estimate of drug-likeness (QED) is 0.221. The average Bonchev–Trinajstić information content (AvgIpc) is 3.01. The van der Waals surface area contributed by atoms with E-state index in [1.165, 1.54) is 18.7 Å². The number of hydrogen-bond donors (Lipinski definition) is 0. The second-order valence-corrected chi connectivity index (χ2v) is 9.95. The van der Waals surface area contributed by atoms with E-state index in [-0.39, 0.29) is 18.3 Å². The normalized spacial score (nSPS) is 11.6. The van der Waals surface area contributed by atoms with Gasteiger partial charge in [0.05, 0.1) is 28.2 Å². The molecule has 0 spiro atoms. The summed E-state index contributed by atoms with van der Waals surface area (Å²) < 4.78 is 12.7. The summed E-state index contributed by atoms with van der Waals surface area (Å²) in [6.07, 6.45) is 0. The van der Waals surface area contributed by atoms with E-state index >= 15 is 0 Å². The second kappa shape index (κ2) is 9.73. The first-order valence-electron chi connectivity index (χ1n) is 9.86. The molecule has 0 amide bonds. The van der Waals surface area contributed by atoms with Gasteiger partial charge in [0.25, 0.3) is 0 Å². The third-order valence-corrected chi connectivity index (χ3v) is 6.25. The fourth-order valence-electron chi connectivity index (χ4n) is 3.12. The summed E-state index contributed by atoms with van der Waals surface area (Å²) in [5.41, 5.74) is 2.13. The van der Waals surface area contributed by atoms with Crippen LogP contribution in [0.1, 0.15) is 43.6 Å². The van der Waals surface area contributed by atoms with Crippen molar-refractivity contribution >= 4 is 57.7 Å². The number of rotatable bonds is 7. The molecule has 0 aliphatic heterocycles. The Kier molecular flexibility index (Phi) is 7.43. The first-order valence-corrected chi connectivity index (χ1v) is 11.6. The fraction of sp³-hybridized carbons (Fsp3) is 0.348. The minimum atomic E-state index is -0.609. The van der Waals surface area contributed by atoms with Crippen LogP contribution in [0.15, 0.2) is 35.5 Å². The molecule has 9 heteroatoms. The van der Waals surface area contributed by atoms with Crippen LogP contribution in [0.3, 0.4) is 0 Å². The number of hydrogen-bond acceptors (Lipinski definition) is 6. The molecule has 0 bridgehead atoms. The van der Waals surface area contributed by atoms with Gasteiger partial charge in [-0.25, -0.2) is 4.98 Å². The van der Waals surface area contributed by atoms with Crippen molar-refractivity contribution in [2.24, 2.45) is 0 Å². The van der Waals surface area contributed by atoms with E-state index in [0.29, 0.717) is 43.3 Å². The van der Waals surface area contributed by atoms with Crippen molar-refractivity contribution in [1.82, 2.24) is 9.55 Å². The zero-order chi connectivity index (χ0) is 23.6. The Labute approximate surface area is 201 Å². The Morgan fingerprint density at radius 3 is 2.44 bits per heavy atom. The molecule has 3 rings (SSSR count). The van der Waals surface area contributed by atoms with Gasteiger partial charge in [0.15, 0.2) is 10.9 Å². The van der Waals surface area contributed by atoms with Gasteiger partial charge in [-0.15, -0.1) is 0 Å². The summed E-state index contributed by atoms with van der Waals surface area (Å²) in [7, 11) is 1.58. The largest absolute Gasteiger partial charge is 0.496 e. The maximum absolute atomic E-state index is 12.6. The van der Waals surface area contributed by atoms with Crippen molar-refractivity contribution in [2.45, 2.75) is 50.8 Å². The minimum absolute atomic E-state index is 0.0275. The topological polar surface area (TPSA) is 70.4 Å². The monoisotopic (exact) mass is 494 g/mol. The predicted molar refractivity (Wildman–Crippen MR) is 128 cm³/mol. The lowest BCUT2D eigenvalue weighted by atomic mass is 10.1. The van der Waals surface area contributed by atoms with Crippen LogP contribution in [0.5, 0.6) is 5.75 Å². The van der Waals surface area contributed by atoms with Crippen molar-refractivity contribution in [3.05, 3.63) is 51.5 Å². The van der Waals surface area contributed by atoms with Crippen LogP contribution >= 0.6 is 35.0 Å². The first-order chi connectivity index (χ1) is 15.0. The molecular formula is C23H24Cl2N2O4S. The van der Waals surface area contributed by atoms with Crippen LogP contribution in [0, 0.1) is 0 Å². The third kappa shape index (κ3) is 5.77. The molecule has 0 unspecified atom stereocenters. The predicted octanol–water partition coefficient (Wildman–Crippen LogP) is 6.19. The molecule has 0 aliphatic carbocycles. The number of methoxy groups -OCH3 is 1. The van der Waals surface area contributed by atoms with Crippen LogP contribution < -0.4 is 4.74 Å². The number of halogens is 2. The smallest absolute Gasteiger partial charge is 0.326 e. The van der Waals surface area contributed by atoms with Crippen LogP contribution in [-0.4, -0.2) is 34.0 Å². The zero-order valence-electron chi connectivity index (χ0n) is 18.5. The lowest BCUT2D eigenvalue weighted by Gasteiger charge is -2.20. The molecule has 32 heavy (non-hydrogen) atoms. The second-order valence-electron chi connectivity index (χ2n) is 8.19. The molecule has 2 aromatic carbocycles. The van der Waals surface area contributed by atoms with E-state index in [4.69, 9.17) is 32.7 Å². The Balaban J connectivity index is 1.98. The standard InChI is InChI=1S/C23H24Cl2N2O4S/c1-13(28)14-6-7-20(30-5)15(8-14)12-32-22-26-18-9-16(24)17(25)10-19(18)27(22)11-21(29)31-23(2,3)4/h6-10H,11-12H2,1-5H3. The summed E-state index contributed by atoms with van der Waals surface area (Å²) in [6, 6.07) is 8.68. The summed E-state index contributed by atoms with van der Waals surface area (Å²) in [6.45, 7) is 6.94. The van der Waals surface area contributed by atoms with Crippen LogP contribution in [-0.2, 0) is 21.8 Å². The van der Waals surface area contributed by atoms with Gasteiger partial charge in [0, 0.05) is 16.9 Å². The Hall–Kier alpha value is -2.22. The van der Waals surface area contributed by atoms with Crippen molar-refractivity contribution in [1.29, 1.82) is 0 Å². The maximum atomic E-state index is 12.6. The van der Waals surface area contributed by atoms with Gasteiger partial charge in [0.2, 0.25) is 0 Å². The van der Waals surface area contributed by atoms with Gasteiger partial charge in [0.1, 0.15) is 17.9 Å². The number of nitrogens with zero attached hydrogens (tertiary/aromatic N) is 2. The van der Waals surface area contributed by atoms with Crippen molar-refractivity contribution in [2.75, 3.05) is 7.11 Å². The minimum Gasteiger partial charge on any atom is -0.496 e.